The minimum absolute atomic E-state index is 0.178. The Balaban J connectivity index is 2.04. The molecule has 5 nitrogen and oxygen atoms in total. The number of benzene rings is 2. The molecule has 0 fully saturated rings. The highest BCUT2D eigenvalue weighted by Gasteiger charge is 2.12. The van der Waals surface area contributed by atoms with Gasteiger partial charge in [0, 0.05) is 23.4 Å². The van der Waals surface area contributed by atoms with Crippen molar-refractivity contribution in [3.63, 3.8) is 0 Å². The van der Waals surface area contributed by atoms with Crippen molar-refractivity contribution in [2.24, 2.45) is 0 Å². The third kappa shape index (κ3) is 3.38. The lowest BCUT2D eigenvalue weighted by Crippen LogP contribution is -1.96. The zero-order valence-corrected chi connectivity index (χ0v) is 14.1. The largest absolute Gasteiger partial charge is 0.497 e. The van der Waals surface area contributed by atoms with Crippen molar-refractivity contribution in [1.82, 2.24) is 9.97 Å². The van der Waals surface area contributed by atoms with Gasteiger partial charge in [0.15, 0.2) is 17.4 Å². The van der Waals surface area contributed by atoms with Crippen molar-refractivity contribution in [1.29, 1.82) is 0 Å². The van der Waals surface area contributed by atoms with Gasteiger partial charge in [0.25, 0.3) is 0 Å². The van der Waals surface area contributed by atoms with E-state index >= 15 is 0 Å². The molecule has 1 heterocycles. The van der Waals surface area contributed by atoms with Crippen LogP contribution in [0.1, 0.15) is 0 Å². The summed E-state index contributed by atoms with van der Waals surface area (Å²) in [6.45, 7) is 0. The number of methoxy groups -OCH3 is 3. The number of rotatable bonds is 5. The van der Waals surface area contributed by atoms with Gasteiger partial charge in [-0.25, -0.2) is 14.4 Å². The fraction of sp³-hybridized carbons (Fsp3) is 0.158. The van der Waals surface area contributed by atoms with Gasteiger partial charge < -0.3 is 14.2 Å². The molecule has 1 aromatic heterocycles. The average Bonchev–Trinajstić information content (AvgIpc) is 2.67. The molecule has 0 saturated heterocycles. The molecular formula is C19H17FN2O3. The van der Waals surface area contributed by atoms with Crippen LogP contribution in [0.2, 0.25) is 0 Å². The van der Waals surface area contributed by atoms with Gasteiger partial charge in [-0.3, -0.25) is 0 Å². The molecule has 3 aromatic rings. The molecule has 0 spiro atoms. The number of halogens is 1. The third-order valence-electron chi connectivity index (χ3n) is 3.75. The van der Waals surface area contributed by atoms with Crippen LogP contribution in [0.4, 0.5) is 4.39 Å². The lowest BCUT2D eigenvalue weighted by molar-refractivity contribution is 0.386. The van der Waals surface area contributed by atoms with E-state index in [0.29, 0.717) is 28.6 Å². The quantitative estimate of drug-likeness (QED) is 0.703. The van der Waals surface area contributed by atoms with Gasteiger partial charge in [-0.05, 0) is 36.4 Å². The molecule has 0 aliphatic heterocycles. The van der Waals surface area contributed by atoms with E-state index in [0.717, 1.165) is 5.56 Å². The molecule has 0 bridgehead atoms. The molecule has 0 radical (unpaired) electrons. The van der Waals surface area contributed by atoms with E-state index in [9.17, 15) is 4.39 Å². The van der Waals surface area contributed by atoms with Crippen LogP contribution >= 0.6 is 0 Å². The van der Waals surface area contributed by atoms with Gasteiger partial charge in [-0.2, -0.15) is 0 Å². The average molecular weight is 340 g/mol. The first-order valence-electron chi connectivity index (χ1n) is 7.55. The van der Waals surface area contributed by atoms with E-state index in [-0.39, 0.29) is 5.75 Å². The van der Waals surface area contributed by atoms with Gasteiger partial charge >= 0.3 is 0 Å². The summed E-state index contributed by atoms with van der Waals surface area (Å²) in [6.07, 6.45) is 1.63. The van der Waals surface area contributed by atoms with E-state index < -0.39 is 5.82 Å². The van der Waals surface area contributed by atoms with Gasteiger partial charge in [0.05, 0.1) is 27.0 Å². The Labute approximate surface area is 145 Å². The zero-order chi connectivity index (χ0) is 17.8. The summed E-state index contributed by atoms with van der Waals surface area (Å²) in [6, 6.07) is 11.9. The number of nitrogens with zero attached hydrogens (tertiary/aromatic N) is 2. The van der Waals surface area contributed by atoms with E-state index in [1.54, 1.807) is 44.7 Å². The van der Waals surface area contributed by atoms with E-state index in [1.165, 1.54) is 13.2 Å². The van der Waals surface area contributed by atoms with Crippen LogP contribution in [0.5, 0.6) is 17.2 Å². The molecule has 2 aromatic carbocycles. The van der Waals surface area contributed by atoms with Crippen molar-refractivity contribution >= 4 is 0 Å². The summed E-state index contributed by atoms with van der Waals surface area (Å²) in [4.78, 5) is 8.77. The summed E-state index contributed by atoms with van der Waals surface area (Å²) in [5, 5.41) is 0. The molecule has 0 N–H and O–H groups in total. The first kappa shape index (κ1) is 16.7. The standard InChI is InChI=1S/C19H17FN2O3/c1-23-13-5-6-14(18(11-13)25-3)16-8-9-21-19(22-16)12-4-7-17(24-2)15(20)10-12/h4-11H,1-3H3. The van der Waals surface area contributed by atoms with Gasteiger partial charge in [0.1, 0.15) is 11.5 Å². The number of hydrogen-bond donors (Lipinski definition) is 0. The monoisotopic (exact) mass is 340 g/mol. The summed E-state index contributed by atoms with van der Waals surface area (Å²) in [5.74, 6) is 1.45. The molecule has 25 heavy (non-hydrogen) atoms. The van der Waals surface area contributed by atoms with Crippen LogP contribution in [-0.2, 0) is 0 Å². The van der Waals surface area contributed by atoms with E-state index in [2.05, 4.69) is 9.97 Å². The number of aromatic nitrogens is 2. The Morgan fingerprint density at radius 2 is 1.64 bits per heavy atom. The third-order valence-corrected chi connectivity index (χ3v) is 3.75. The second-order valence-corrected chi connectivity index (χ2v) is 5.18. The summed E-state index contributed by atoms with van der Waals surface area (Å²) < 4.78 is 29.5. The van der Waals surface area contributed by atoms with Gasteiger partial charge in [0.2, 0.25) is 0 Å². The van der Waals surface area contributed by atoms with Crippen molar-refractivity contribution < 1.29 is 18.6 Å². The number of hydrogen-bond acceptors (Lipinski definition) is 5. The molecule has 0 atom stereocenters. The highest BCUT2D eigenvalue weighted by molar-refractivity contribution is 5.70. The molecule has 128 valence electrons. The van der Waals surface area contributed by atoms with Crippen LogP contribution in [-0.4, -0.2) is 31.3 Å². The second-order valence-electron chi connectivity index (χ2n) is 5.18. The SMILES string of the molecule is COc1ccc(-c2ccnc(-c3ccc(OC)c(F)c3)n2)c(OC)c1. The second kappa shape index (κ2) is 7.17. The van der Waals surface area contributed by atoms with Crippen LogP contribution in [0.25, 0.3) is 22.6 Å². The maximum absolute atomic E-state index is 13.9. The maximum Gasteiger partial charge on any atom is 0.165 e. The van der Waals surface area contributed by atoms with E-state index in [4.69, 9.17) is 14.2 Å². The normalized spacial score (nSPS) is 10.4. The smallest absolute Gasteiger partial charge is 0.165 e. The maximum atomic E-state index is 13.9. The molecule has 3 rings (SSSR count). The van der Waals surface area contributed by atoms with E-state index in [1.807, 2.05) is 12.1 Å². The Morgan fingerprint density at radius 1 is 0.840 bits per heavy atom. The predicted octanol–water partition coefficient (Wildman–Crippen LogP) is 3.98. The summed E-state index contributed by atoms with van der Waals surface area (Å²) >= 11 is 0. The topological polar surface area (TPSA) is 53.5 Å². The van der Waals surface area contributed by atoms with Crippen molar-refractivity contribution in [2.75, 3.05) is 21.3 Å². The molecular weight excluding hydrogens is 323 g/mol. The zero-order valence-electron chi connectivity index (χ0n) is 14.1. The first-order chi connectivity index (χ1) is 12.2. The Bertz CT molecular complexity index is 900. The highest BCUT2D eigenvalue weighted by Crippen LogP contribution is 2.33. The summed E-state index contributed by atoms with van der Waals surface area (Å²) in [7, 11) is 4.60. The van der Waals surface area contributed by atoms with Gasteiger partial charge in [-0.15, -0.1) is 0 Å². The Kier molecular flexibility index (Phi) is 4.79. The van der Waals surface area contributed by atoms with Crippen LogP contribution in [0, 0.1) is 5.82 Å². The molecule has 6 heteroatoms. The first-order valence-corrected chi connectivity index (χ1v) is 7.55. The van der Waals surface area contributed by atoms with Crippen molar-refractivity contribution in [3.8, 4) is 39.9 Å². The van der Waals surface area contributed by atoms with Crippen LogP contribution < -0.4 is 14.2 Å². The van der Waals surface area contributed by atoms with Crippen LogP contribution in [0.3, 0.4) is 0 Å². The Morgan fingerprint density at radius 3 is 2.32 bits per heavy atom. The fourth-order valence-electron chi connectivity index (χ4n) is 2.46. The van der Waals surface area contributed by atoms with Crippen LogP contribution in [0.15, 0.2) is 48.7 Å². The predicted molar refractivity (Wildman–Crippen MR) is 92.5 cm³/mol. The molecule has 0 aliphatic rings. The molecule has 0 saturated carbocycles. The van der Waals surface area contributed by atoms with Crippen molar-refractivity contribution in [2.45, 2.75) is 0 Å². The number of ether oxygens (including phenoxy) is 3. The Hall–Kier alpha value is -3.15. The highest BCUT2D eigenvalue weighted by atomic mass is 19.1. The lowest BCUT2D eigenvalue weighted by atomic mass is 10.1. The van der Waals surface area contributed by atoms with Crippen molar-refractivity contribution in [3.05, 3.63) is 54.5 Å². The fourth-order valence-corrected chi connectivity index (χ4v) is 2.46. The molecule has 0 unspecified atom stereocenters. The molecule has 0 aliphatic carbocycles. The summed E-state index contributed by atoms with van der Waals surface area (Å²) in [5.41, 5.74) is 2.02. The minimum Gasteiger partial charge on any atom is -0.497 e. The van der Waals surface area contributed by atoms with Gasteiger partial charge in [-0.1, -0.05) is 0 Å². The molecule has 0 amide bonds. The minimum atomic E-state index is -0.462. The lowest BCUT2D eigenvalue weighted by Gasteiger charge is -2.11.